The number of hydrogen-bond donors (Lipinski definition) is 4. The van der Waals surface area contributed by atoms with E-state index in [1.54, 1.807) is 6.20 Å². The first-order chi connectivity index (χ1) is 30.5. The maximum absolute atomic E-state index is 15.8. The Morgan fingerprint density at radius 1 is 0.825 bits per heavy atom. The van der Waals surface area contributed by atoms with Crippen LogP contribution in [0.25, 0.3) is 11.0 Å². The van der Waals surface area contributed by atoms with Crippen molar-refractivity contribution in [1.29, 1.82) is 0 Å². The van der Waals surface area contributed by atoms with Gasteiger partial charge in [-0.25, -0.2) is 12.8 Å². The van der Waals surface area contributed by atoms with E-state index >= 15 is 4.39 Å². The molecule has 0 saturated carbocycles. The Labute approximate surface area is 367 Å². The second-order valence-corrected chi connectivity index (χ2v) is 19.6. The number of nitrogens with one attached hydrogen (secondary N) is 4. The quantitative estimate of drug-likeness (QED) is 0.123. The number of aromatic nitrogens is 3. The summed E-state index contributed by atoms with van der Waals surface area (Å²) < 4.78 is 42.5. The summed E-state index contributed by atoms with van der Waals surface area (Å²) >= 11 is 0. The van der Waals surface area contributed by atoms with Gasteiger partial charge in [0.05, 0.1) is 34.6 Å². The van der Waals surface area contributed by atoms with Crippen LogP contribution in [0.4, 0.5) is 44.6 Å². The zero-order valence-corrected chi connectivity index (χ0v) is 36.3. The van der Waals surface area contributed by atoms with Crippen LogP contribution in [0.5, 0.6) is 0 Å². The van der Waals surface area contributed by atoms with E-state index in [9.17, 15) is 18.0 Å². The van der Waals surface area contributed by atoms with Gasteiger partial charge in [0, 0.05) is 95.5 Å². The SMILES string of the molecule is CS(=O)(=O)N1CCc2cccc(Nc3nc(Nc4ccc(N5CCC(N6CCN(C[C@H]7CCN(c8ccc(C9CCC(=O)NC9=O)cc8)C7)CC6)CC5)c(F)c4)nc4[nH]ccc34)c21. The van der Waals surface area contributed by atoms with Crippen molar-refractivity contribution in [3.8, 4) is 0 Å². The number of hydrogen-bond acceptors (Lipinski definition) is 12. The molecule has 2 aromatic heterocycles. The van der Waals surface area contributed by atoms with Crippen LogP contribution in [-0.4, -0.2) is 123 Å². The molecule has 3 aromatic carbocycles. The Balaban J connectivity index is 0.702. The standard InChI is InChI=1S/C46H54FN11O4S/c1-63(61,62)58-22-15-32-3-2-4-39(42(32)58)50-44-37-13-18-48-43(37)52-46(53-44)49-33-7-11-40(38(47)27-33)56-20-16-35(17-21-56)55-25-23-54(24-26-55)28-30-14-19-57(29-30)34-8-5-31(6-9-34)36-10-12-41(59)51-45(36)60/h2-9,11,13,18,27,30,35-36H,10,12,14-17,19-26,28-29H2,1H3,(H,51,59,60)(H3,48,49,50,52,53)/t30-,36?/m1/s1. The molecule has 4 saturated heterocycles. The summed E-state index contributed by atoms with van der Waals surface area (Å²) in [6.07, 6.45) is 7.73. The molecule has 5 aromatic rings. The second-order valence-electron chi connectivity index (χ2n) is 17.7. The average molecular weight is 876 g/mol. The van der Waals surface area contributed by atoms with Gasteiger partial charge < -0.3 is 30.3 Å². The number of carbonyl (C=O) groups excluding carboxylic acids is 2. The highest BCUT2D eigenvalue weighted by Crippen LogP contribution is 2.40. The summed E-state index contributed by atoms with van der Waals surface area (Å²) in [6, 6.07) is 21.6. The van der Waals surface area contributed by atoms with Crippen molar-refractivity contribution in [2.24, 2.45) is 5.92 Å². The van der Waals surface area contributed by atoms with Crippen LogP contribution in [0.3, 0.4) is 0 Å². The van der Waals surface area contributed by atoms with Crippen molar-refractivity contribution < 1.29 is 22.4 Å². The topological polar surface area (TPSA) is 162 Å². The van der Waals surface area contributed by atoms with Gasteiger partial charge in [0.2, 0.25) is 27.8 Å². The predicted molar refractivity (Wildman–Crippen MR) is 244 cm³/mol. The van der Waals surface area contributed by atoms with Crippen LogP contribution in [0.2, 0.25) is 0 Å². The number of nitrogens with zero attached hydrogens (tertiary/aromatic N) is 7. The fourth-order valence-electron chi connectivity index (χ4n) is 10.3. The molecule has 2 amide bonds. The minimum atomic E-state index is -3.47. The van der Waals surface area contributed by atoms with E-state index in [4.69, 9.17) is 4.98 Å². The number of imide groups is 1. The third kappa shape index (κ3) is 8.65. The van der Waals surface area contributed by atoms with Crippen LogP contribution < -0.4 is 30.1 Å². The van der Waals surface area contributed by atoms with Crippen molar-refractivity contribution in [1.82, 2.24) is 30.1 Å². The monoisotopic (exact) mass is 875 g/mol. The maximum atomic E-state index is 15.8. The van der Waals surface area contributed by atoms with Crippen molar-refractivity contribution in [3.05, 3.63) is 89.9 Å². The molecule has 17 heteroatoms. The lowest BCUT2D eigenvalue weighted by atomic mass is 9.90. The lowest BCUT2D eigenvalue weighted by Crippen LogP contribution is -2.54. The number of anilines is 7. The summed E-state index contributed by atoms with van der Waals surface area (Å²) in [5.74, 6) is 0.452. The lowest BCUT2D eigenvalue weighted by Gasteiger charge is -2.43. The third-order valence-electron chi connectivity index (χ3n) is 13.7. The Morgan fingerprint density at radius 2 is 1.62 bits per heavy atom. The molecule has 15 nitrogen and oxygen atoms in total. The molecular weight excluding hydrogens is 822 g/mol. The van der Waals surface area contributed by atoms with Gasteiger partial charge in [0.25, 0.3) is 0 Å². The van der Waals surface area contributed by atoms with Crippen molar-refractivity contribution >= 4 is 73.1 Å². The number of fused-ring (bicyclic) bond motifs is 2. The van der Waals surface area contributed by atoms with Crippen LogP contribution in [-0.2, 0) is 26.0 Å². The molecule has 7 heterocycles. The molecule has 63 heavy (non-hydrogen) atoms. The molecule has 4 N–H and O–H groups in total. The molecule has 1 unspecified atom stereocenters. The van der Waals surface area contributed by atoms with Crippen LogP contribution in [0.1, 0.15) is 49.1 Å². The van der Waals surface area contributed by atoms with E-state index in [2.05, 4.69) is 57.7 Å². The van der Waals surface area contributed by atoms with Gasteiger partial charge in [0.1, 0.15) is 17.3 Å². The molecule has 10 rings (SSSR count). The minimum Gasteiger partial charge on any atom is -0.371 e. The maximum Gasteiger partial charge on any atom is 0.234 e. The summed E-state index contributed by atoms with van der Waals surface area (Å²) in [5, 5.41) is 9.76. The molecule has 2 atom stereocenters. The Bertz CT molecular complexity index is 2630. The Morgan fingerprint density at radius 3 is 2.38 bits per heavy atom. The van der Waals surface area contributed by atoms with E-state index in [1.807, 2.05) is 48.5 Å². The van der Waals surface area contributed by atoms with E-state index in [0.717, 1.165) is 88.3 Å². The van der Waals surface area contributed by atoms with E-state index in [0.29, 0.717) is 72.0 Å². The normalized spacial score (nSPS) is 21.6. The van der Waals surface area contributed by atoms with E-state index < -0.39 is 10.0 Å². The van der Waals surface area contributed by atoms with Gasteiger partial charge in [-0.3, -0.25) is 24.1 Å². The van der Waals surface area contributed by atoms with Gasteiger partial charge in [-0.1, -0.05) is 24.3 Å². The molecule has 5 aliphatic heterocycles. The molecule has 4 fully saturated rings. The number of sulfonamides is 1. The lowest BCUT2D eigenvalue weighted by molar-refractivity contribution is -0.134. The van der Waals surface area contributed by atoms with Crippen LogP contribution >= 0.6 is 0 Å². The summed E-state index contributed by atoms with van der Waals surface area (Å²) in [6.45, 7) is 9.38. The molecule has 0 bridgehead atoms. The van der Waals surface area contributed by atoms with Gasteiger partial charge in [-0.05, 0) is 91.6 Å². The number of carbonyl (C=O) groups is 2. The Kier molecular flexibility index (Phi) is 11.2. The number of piperazine rings is 1. The number of H-pyrrole nitrogens is 1. The number of aromatic amines is 1. The van der Waals surface area contributed by atoms with Gasteiger partial charge in [-0.15, -0.1) is 0 Å². The summed E-state index contributed by atoms with van der Waals surface area (Å²) in [5.41, 5.74) is 6.07. The summed E-state index contributed by atoms with van der Waals surface area (Å²) in [7, 11) is -3.47. The summed E-state index contributed by atoms with van der Waals surface area (Å²) in [4.78, 5) is 46.3. The highest BCUT2D eigenvalue weighted by molar-refractivity contribution is 7.92. The fourth-order valence-corrected chi connectivity index (χ4v) is 11.3. The predicted octanol–water partition coefficient (Wildman–Crippen LogP) is 5.54. The second kappa shape index (κ2) is 17.1. The smallest absolute Gasteiger partial charge is 0.234 e. The molecule has 0 spiro atoms. The average Bonchev–Trinajstić information content (AvgIpc) is 4.06. The fraction of sp³-hybridized carbons (Fsp3) is 0.435. The number of benzene rings is 3. The van der Waals surface area contributed by atoms with Gasteiger partial charge in [-0.2, -0.15) is 9.97 Å². The first-order valence-corrected chi connectivity index (χ1v) is 24.1. The first kappa shape index (κ1) is 41.2. The van der Waals surface area contributed by atoms with Crippen LogP contribution in [0, 0.1) is 11.7 Å². The largest absolute Gasteiger partial charge is 0.371 e. The molecule has 0 radical (unpaired) electrons. The molecule has 330 valence electrons. The zero-order valence-electron chi connectivity index (χ0n) is 35.5. The number of piperidine rings is 2. The van der Waals surface area contributed by atoms with Gasteiger partial charge in [0.15, 0.2) is 0 Å². The highest BCUT2D eigenvalue weighted by atomic mass is 32.2. The molecule has 5 aliphatic rings. The number of halogens is 1. The molecular formula is C46H54FN11O4S. The number of rotatable bonds is 11. The van der Waals surface area contributed by atoms with E-state index in [-0.39, 0.29) is 29.5 Å². The third-order valence-corrected chi connectivity index (χ3v) is 14.8. The van der Waals surface area contributed by atoms with Crippen LogP contribution in [0.15, 0.2) is 72.9 Å². The number of amides is 2. The van der Waals surface area contributed by atoms with E-state index in [1.165, 1.54) is 28.7 Å². The molecule has 0 aliphatic carbocycles. The van der Waals surface area contributed by atoms with Gasteiger partial charge >= 0.3 is 0 Å². The number of para-hydroxylation sites is 1. The highest BCUT2D eigenvalue weighted by Gasteiger charge is 2.33. The van der Waals surface area contributed by atoms with Crippen molar-refractivity contribution in [2.75, 3.05) is 96.4 Å². The van der Waals surface area contributed by atoms with Crippen molar-refractivity contribution in [3.63, 3.8) is 0 Å². The van der Waals surface area contributed by atoms with Crippen molar-refractivity contribution in [2.45, 2.75) is 50.5 Å². The minimum absolute atomic E-state index is 0.184. The first-order valence-electron chi connectivity index (χ1n) is 22.2. The Hall–Kier alpha value is -5.78. The zero-order chi connectivity index (χ0) is 43.2.